The molecule has 54 valence electrons. The van der Waals surface area contributed by atoms with E-state index >= 15 is 0 Å². The zero-order chi connectivity index (χ0) is 7.72. The average molecular weight is 141 g/mol. The van der Waals surface area contributed by atoms with E-state index in [0.717, 1.165) is 0 Å². The first kappa shape index (κ1) is 6.67. The predicted molar refractivity (Wildman–Crippen MR) is 35.1 cm³/mol. The van der Waals surface area contributed by atoms with Crippen molar-refractivity contribution in [2.24, 2.45) is 0 Å². The minimum absolute atomic E-state index is 0.358. The second-order valence-corrected chi connectivity index (χ2v) is 2.00. The smallest absolute Gasteiger partial charge is 0.294 e. The maximum atomic E-state index is 10.5. The van der Waals surface area contributed by atoms with Gasteiger partial charge in [-0.15, -0.1) is 0 Å². The molecular weight excluding hydrogens is 134 g/mol. The molecule has 4 nitrogen and oxygen atoms in total. The zero-order valence-corrected chi connectivity index (χ0v) is 5.38. The van der Waals surface area contributed by atoms with E-state index in [2.05, 4.69) is 4.98 Å². The van der Waals surface area contributed by atoms with Crippen LogP contribution in [0.3, 0.4) is 0 Å². The maximum absolute atomic E-state index is 10.5. The van der Waals surface area contributed by atoms with Gasteiger partial charge >= 0.3 is 0 Å². The fourth-order valence-corrected chi connectivity index (χ4v) is 0.605. The molecule has 0 unspecified atom stereocenters. The van der Waals surface area contributed by atoms with Crippen LogP contribution in [0, 0.1) is 6.92 Å². The normalized spacial score (nSPS) is 9.70. The lowest BCUT2D eigenvalue weighted by Crippen LogP contribution is -2.04. The SMILES string of the molecule is Cc1c[nH]c(=O)c(O)c1O. The van der Waals surface area contributed by atoms with Crippen molar-refractivity contribution in [3.8, 4) is 11.5 Å². The summed E-state index contributed by atoms with van der Waals surface area (Å²) >= 11 is 0. The molecule has 10 heavy (non-hydrogen) atoms. The van der Waals surface area contributed by atoms with Crippen LogP contribution in [0.15, 0.2) is 11.0 Å². The molecule has 0 amide bonds. The molecule has 0 aliphatic carbocycles. The highest BCUT2D eigenvalue weighted by Gasteiger charge is 2.04. The van der Waals surface area contributed by atoms with Gasteiger partial charge in [-0.25, -0.2) is 0 Å². The molecular formula is C6H7NO3. The minimum Gasteiger partial charge on any atom is -0.504 e. The lowest BCUT2D eigenvalue weighted by molar-refractivity contribution is 0.394. The first-order valence-electron chi connectivity index (χ1n) is 2.73. The standard InChI is InChI=1S/C6H7NO3/c1-3-2-7-6(10)5(9)4(3)8/h2,9H,1H3,(H2,7,8,10). The van der Waals surface area contributed by atoms with Gasteiger partial charge in [0.25, 0.3) is 5.56 Å². The second kappa shape index (κ2) is 2.06. The van der Waals surface area contributed by atoms with E-state index in [0.29, 0.717) is 5.56 Å². The topological polar surface area (TPSA) is 73.3 Å². The van der Waals surface area contributed by atoms with Crippen molar-refractivity contribution in [2.75, 3.05) is 0 Å². The number of aromatic amines is 1. The van der Waals surface area contributed by atoms with Gasteiger partial charge in [0.05, 0.1) is 0 Å². The van der Waals surface area contributed by atoms with E-state index in [1.807, 2.05) is 0 Å². The van der Waals surface area contributed by atoms with Gasteiger partial charge in [0.2, 0.25) is 5.75 Å². The number of rotatable bonds is 0. The molecule has 0 aromatic carbocycles. The lowest BCUT2D eigenvalue weighted by Gasteiger charge is -1.97. The Bertz CT molecular complexity index is 302. The Balaban J connectivity index is 3.49. The number of hydrogen-bond acceptors (Lipinski definition) is 3. The van der Waals surface area contributed by atoms with Crippen molar-refractivity contribution in [2.45, 2.75) is 6.92 Å². The molecule has 0 saturated carbocycles. The third-order valence-corrected chi connectivity index (χ3v) is 1.23. The number of H-pyrrole nitrogens is 1. The third kappa shape index (κ3) is 0.834. The predicted octanol–water partition coefficient (Wildman–Crippen LogP) is 0.0945. The number of nitrogens with one attached hydrogen (secondary N) is 1. The van der Waals surface area contributed by atoms with Crippen LogP contribution >= 0.6 is 0 Å². The maximum Gasteiger partial charge on any atom is 0.294 e. The van der Waals surface area contributed by atoms with Crippen molar-refractivity contribution in [1.29, 1.82) is 0 Å². The van der Waals surface area contributed by atoms with E-state index in [1.54, 1.807) is 6.92 Å². The van der Waals surface area contributed by atoms with Gasteiger partial charge in [0, 0.05) is 11.8 Å². The highest BCUT2D eigenvalue weighted by atomic mass is 16.3. The number of aryl methyl sites for hydroxylation is 1. The molecule has 0 spiro atoms. The highest BCUT2D eigenvalue weighted by molar-refractivity contribution is 5.40. The summed E-state index contributed by atoms with van der Waals surface area (Å²) in [5, 5.41) is 17.7. The molecule has 0 radical (unpaired) electrons. The Morgan fingerprint density at radius 2 is 2.00 bits per heavy atom. The Morgan fingerprint density at radius 1 is 1.40 bits per heavy atom. The Hall–Kier alpha value is -1.45. The molecule has 4 heteroatoms. The van der Waals surface area contributed by atoms with Crippen LogP contribution in [-0.2, 0) is 0 Å². The summed E-state index contributed by atoms with van der Waals surface area (Å²) < 4.78 is 0. The molecule has 0 aliphatic rings. The van der Waals surface area contributed by atoms with Gasteiger partial charge in [-0.3, -0.25) is 4.79 Å². The van der Waals surface area contributed by atoms with E-state index in [9.17, 15) is 4.79 Å². The van der Waals surface area contributed by atoms with Crippen molar-refractivity contribution < 1.29 is 10.2 Å². The first-order chi connectivity index (χ1) is 4.63. The van der Waals surface area contributed by atoms with E-state index in [4.69, 9.17) is 10.2 Å². The molecule has 1 aromatic rings. The van der Waals surface area contributed by atoms with Crippen LogP contribution in [0.2, 0.25) is 0 Å². The zero-order valence-electron chi connectivity index (χ0n) is 5.38. The van der Waals surface area contributed by atoms with Gasteiger partial charge in [-0.1, -0.05) is 0 Å². The summed E-state index contributed by atoms with van der Waals surface area (Å²) in [6, 6.07) is 0. The summed E-state index contributed by atoms with van der Waals surface area (Å²) in [4.78, 5) is 12.8. The minimum atomic E-state index is -0.678. The van der Waals surface area contributed by atoms with Crippen LogP contribution in [0.1, 0.15) is 5.56 Å². The second-order valence-electron chi connectivity index (χ2n) is 2.00. The summed E-state index contributed by atoms with van der Waals surface area (Å²) in [7, 11) is 0. The average Bonchev–Trinajstić information content (AvgIpc) is 1.93. The van der Waals surface area contributed by atoms with Crippen molar-refractivity contribution in [3.05, 3.63) is 22.1 Å². The van der Waals surface area contributed by atoms with Crippen molar-refractivity contribution in [3.63, 3.8) is 0 Å². The Kier molecular flexibility index (Phi) is 1.37. The molecule has 0 atom stereocenters. The molecule has 0 bridgehead atoms. The van der Waals surface area contributed by atoms with Crippen LogP contribution in [0.5, 0.6) is 11.5 Å². The summed E-state index contributed by atoms with van der Waals surface area (Å²) in [5.41, 5.74) is -0.236. The van der Waals surface area contributed by atoms with Crippen LogP contribution in [0.25, 0.3) is 0 Å². The van der Waals surface area contributed by atoms with Crippen LogP contribution < -0.4 is 5.56 Å². The van der Waals surface area contributed by atoms with Crippen LogP contribution in [0.4, 0.5) is 0 Å². The largest absolute Gasteiger partial charge is 0.504 e. The summed E-state index contributed by atoms with van der Waals surface area (Å²) in [6.07, 6.45) is 1.33. The van der Waals surface area contributed by atoms with Gasteiger partial charge < -0.3 is 15.2 Å². The quantitative estimate of drug-likeness (QED) is 0.479. The number of pyridine rings is 1. The Morgan fingerprint density at radius 3 is 2.50 bits per heavy atom. The summed E-state index contributed by atoms with van der Waals surface area (Å²) in [5.74, 6) is -0.983. The molecule has 1 aromatic heterocycles. The number of hydrogen-bond donors (Lipinski definition) is 3. The number of aromatic hydroxyl groups is 2. The third-order valence-electron chi connectivity index (χ3n) is 1.23. The first-order valence-corrected chi connectivity index (χ1v) is 2.73. The number of aromatic nitrogens is 1. The van der Waals surface area contributed by atoms with Gasteiger partial charge in [0.15, 0.2) is 5.75 Å². The molecule has 0 saturated heterocycles. The monoisotopic (exact) mass is 141 g/mol. The molecule has 1 rings (SSSR count). The van der Waals surface area contributed by atoms with Gasteiger partial charge in [-0.05, 0) is 6.92 Å². The van der Waals surface area contributed by atoms with E-state index < -0.39 is 11.3 Å². The van der Waals surface area contributed by atoms with Crippen molar-refractivity contribution >= 4 is 0 Å². The fraction of sp³-hybridized carbons (Fsp3) is 0.167. The summed E-state index contributed by atoms with van der Waals surface area (Å²) in [6.45, 7) is 1.57. The van der Waals surface area contributed by atoms with E-state index in [1.165, 1.54) is 6.20 Å². The van der Waals surface area contributed by atoms with Gasteiger partial charge in [-0.2, -0.15) is 0 Å². The van der Waals surface area contributed by atoms with E-state index in [-0.39, 0.29) is 5.75 Å². The molecule has 1 heterocycles. The molecule has 0 aliphatic heterocycles. The Labute approximate surface area is 56.8 Å². The molecule has 0 fully saturated rings. The fourth-order valence-electron chi connectivity index (χ4n) is 0.605. The highest BCUT2D eigenvalue weighted by Crippen LogP contribution is 2.21. The lowest BCUT2D eigenvalue weighted by atomic mass is 10.3. The van der Waals surface area contributed by atoms with Gasteiger partial charge in [0.1, 0.15) is 0 Å². The van der Waals surface area contributed by atoms with Crippen molar-refractivity contribution in [1.82, 2.24) is 4.98 Å². The van der Waals surface area contributed by atoms with Crippen LogP contribution in [-0.4, -0.2) is 15.2 Å². The molecule has 3 N–H and O–H groups in total.